The van der Waals surface area contributed by atoms with Crippen molar-refractivity contribution in [3.05, 3.63) is 29.1 Å². The fraction of sp³-hybridized carbons (Fsp3) is 0.400. The summed E-state index contributed by atoms with van der Waals surface area (Å²) in [6.45, 7) is 0.0129. The van der Waals surface area contributed by atoms with Gasteiger partial charge < -0.3 is 15.9 Å². The smallest absolute Gasteiger partial charge is 0.289 e. The molecule has 0 fully saturated rings. The molecule has 0 aliphatic carbocycles. The van der Waals surface area contributed by atoms with Crippen LogP contribution in [-0.4, -0.2) is 22.7 Å². The van der Waals surface area contributed by atoms with Crippen LogP contribution in [0.4, 0.5) is 13.2 Å². The summed E-state index contributed by atoms with van der Waals surface area (Å²) in [5.74, 6) is -5.54. The minimum Gasteiger partial charge on any atom is -0.505 e. The third-order valence-electron chi connectivity index (χ3n) is 2.24. The van der Waals surface area contributed by atoms with Gasteiger partial charge in [-0.05, 0) is 18.6 Å². The van der Waals surface area contributed by atoms with Crippen LogP contribution in [0.3, 0.4) is 0 Å². The number of hydrogen-bond acceptors (Lipinski definition) is 3. The lowest BCUT2D eigenvalue weighted by Crippen LogP contribution is -2.36. The predicted molar refractivity (Wildman–Crippen MR) is 59.0 cm³/mol. The lowest BCUT2D eigenvalue weighted by atomic mass is 9.98. The van der Waals surface area contributed by atoms with Gasteiger partial charge in [0.2, 0.25) is 0 Å². The molecule has 0 radical (unpaired) electrons. The first-order chi connectivity index (χ1) is 7.29. The second-order valence-electron chi connectivity index (χ2n) is 3.58. The highest BCUT2D eigenvalue weighted by Crippen LogP contribution is 2.35. The lowest BCUT2D eigenvalue weighted by Gasteiger charge is -2.22. The topological polar surface area (TPSA) is 66.5 Å². The van der Waals surface area contributed by atoms with Crippen LogP contribution < -0.4 is 5.73 Å². The van der Waals surface area contributed by atoms with Crippen molar-refractivity contribution < 1.29 is 23.4 Å². The van der Waals surface area contributed by atoms with E-state index in [1.807, 2.05) is 0 Å². The van der Waals surface area contributed by atoms with Crippen LogP contribution in [0.5, 0.6) is 5.75 Å². The molecule has 0 saturated heterocycles. The molecular formula is C10H13ClF3NO2. The Balaban J connectivity index is 0.00000256. The third-order valence-corrected chi connectivity index (χ3v) is 2.24. The molecule has 0 unspecified atom stereocenters. The quantitative estimate of drug-likeness (QED) is 0.786. The van der Waals surface area contributed by atoms with E-state index in [1.165, 1.54) is 6.92 Å². The number of hydrogen-bond donors (Lipinski definition) is 3. The SMILES string of the molecule is Cc1cc(F)c(O)c([C@@H](N)C(F)(F)CO)c1.Cl. The van der Waals surface area contributed by atoms with Crippen LogP contribution in [-0.2, 0) is 0 Å². The van der Waals surface area contributed by atoms with E-state index in [1.54, 1.807) is 0 Å². The van der Waals surface area contributed by atoms with Crippen LogP contribution >= 0.6 is 12.4 Å². The summed E-state index contributed by atoms with van der Waals surface area (Å²) in [5.41, 5.74) is 5.12. The fourth-order valence-corrected chi connectivity index (χ4v) is 1.32. The molecule has 0 heterocycles. The Hall–Kier alpha value is -0.980. The van der Waals surface area contributed by atoms with Gasteiger partial charge in [-0.2, -0.15) is 0 Å². The average Bonchev–Trinajstić information content (AvgIpc) is 2.22. The van der Waals surface area contributed by atoms with Crippen LogP contribution in [0.1, 0.15) is 17.2 Å². The fourth-order valence-electron chi connectivity index (χ4n) is 1.32. The number of phenolic OH excluding ortho intramolecular Hbond substituents is 1. The number of benzene rings is 1. The van der Waals surface area contributed by atoms with Gasteiger partial charge in [-0.3, -0.25) is 0 Å². The van der Waals surface area contributed by atoms with Gasteiger partial charge in [0.05, 0.1) is 0 Å². The Morgan fingerprint density at radius 3 is 2.41 bits per heavy atom. The highest BCUT2D eigenvalue weighted by molar-refractivity contribution is 5.85. The Morgan fingerprint density at radius 1 is 1.41 bits per heavy atom. The van der Waals surface area contributed by atoms with Crippen LogP contribution in [0, 0.1) is 12.7 Å². The second kappa shape index (κ2) is 5.57. The molecule has 0 aromatic heterocycles. The van der Waals surface area contributed by atoms with Crippen molar-refractivity contribution in [2.24, 2.45) is 5.73 Å². The zero-order valence-corrected chi connectivity index (χ0v) is 9.77. The number of phenols is 1. The molecule has 7 heteroatoms. The molecule has 3 nitrogen and oxygen atoms in total. The molecule has 0 aliphatic heterocycles. The van der Waals surface area contributed by atoms with Gasteiger partial charge in [-0.15, -0.1) is 12.4 Å². The van der Waals surface area contributed by atoms with Crippen LogP contribution in [0.25, 0.3) is 0 Å². The molecule has 1 rings (SSSR count). The van der Waals surface area contributed by atoms with Gasteiger partial charge in [0.15, 0.2) is 11.6 Å². The Morgan fingerprint density at radius 2 is 1.94 bits per heavy atom. The summed E-state index contributed by atoms with van der Waals surface area (Å²) in [6, 6.07) is 0.210. The molecule has 0 bridgehead atoms. The minimum atomic E-state index is -3.61. The first-order valence-electron chi connectivity index (χ1n) is 4.53. The van der Waals surface area contributed by atoms with Gasteiger partial charge in [0.1, 0.15) is 12.6 Å². The summed E-state index contributed by atoms with van der Waals surface area (Å²) < 4.78 is 39.2. The standard InChI is InChI=1S/C10H12F3NO2.ClH/c1-5-2-6(8(16)7(11)3-5)9(14)10(12,13)4-15;/h2-3,9,15-16H,4,14H2,1H3;1H/t9-;/m1./s1. The molecule has 98 valence electrons. The van der Waals surface area contributed by atoms with E-state index < -0.39 is 35.7 Å². The van der Waals surface area contributed by atoms with E-state index >= 15 is 0 Å². The highest BCUT2D eigenvalue weighted by Gasteiger charge is 2.39. The number of aromatic hydroxyl groups is 1. The number of alkyl halides is 2. The zero-order valence-electron chi connectivity index (χ0n) is 8.95. The van der Waals surface area contributed by atoms with Gasteiger partial charge in [0.25, 0.3) is 5.92 Å². The molecule has 1 atom stereocenters. The van der Waals surface area contributed by atoms with Crippen molar-refractivity contribution in [1.29, 1.82) is 0 Å². The van der Waals surface area contributed by atoms with Crippen LogP contribution in [0.2, 0.25) is 0 Å². The number of aryl methyl sites for hydroxylation is 1. The molecule has 0 amide bonds. The van der Waals surface area contributed by atoms with Gasteiger partial charge in [-0.1, -0.05) is 6.07 Å². The van der Waals surface area contributed by atoms with Gasteiger partial charge >= 0.3 is 0 Å². The summed E-state index contributed by atoms with van der Waals surface area (Å²) in [4.78, 5) is 0. The van der Waals surface area contributed by atoms with E-state index in [9.17, 15) is 18.3 Å². The first kappa shape index (κ1) is 16.0. The lowest BCUT2D eigenvalue weighted by molar-refractivity contribution is -0.0716. The predicted octanol–water partition coefficient (Wildman–Crippen LogP) is 1.89. The van der Waals surface area contributed by atoms with E-state index in [0.29, 0.717) is 5.56 Å². The van der Waals surface area contributed by atoms with Crippen molar-refractivity contribution in [2.75, 3.05) is 6.61 Å². The van der Waals surface area contributed by atoms with Crippen molar-refractivity contribution in [2.45, 2.75) is 18.9 Å². The third kappa shape index (κ3) is 3.24. The molecule has 0 aliphatic rings. The normalized spacial score (nSPS) is 13.1. The highest BCUT2D eigenvalue weighted by atomic mass is 35.5. The van der Waals surface area contributed by atoms with Gasteiger partial charge in [-0.25, -0.2) is 13.2 Å². The van der Waals surface area contributed by atoms with E-state index in [-0.39, 0.29) is 12.4 Å². The van der Waals surface area contributed by atoms with E-state index in [2.05, 4.69) is 0 Å². The van der Waals surface area contributed by atoms with Crippen molar-refractivity contribution in [3.63, 3.8) is 0 Å². The molecule has 0 saturated carbocycles. The average molecular weight is 272 g/mol. The largest absolute Gasteiger partial charge is 0.505 e. The Labute approximate surface area is 102 Å². The van der Waals surface area contributed by atoms with Crippen molar-refractivity contribution in [3.8, 4) is 5.75 Å². The zero-order chi connectivity index (χ0) is 12.5. The number of rotatable bonds is 3. The first-order valence-corrected chi connectivity index (χ1v) is 4.53. The maximum atomic E-state index is 13.1. The summed E-state index contributed by atoms with van der Waals surface area (Å²) in [6.07, 6.45) is 0. The minimum absolute atomic E-state index is 0. The number of aliphatic hydroxyl groups excluding tert-OH is 1. The van der Waals surface area contributed by atoms with Crippen LogP contribution in [0.15, 0.2) is 12.1 Å². The van der Waals surface area contributed by atoms with Gasteiger partial charge in [0, 0.05) is 5.56 Å². The molecule has 1 aromatic carbocycles. The Kier molecular flexibility index (Phi) is 5.25. The maximum absolute atomic E-state index is 13.1. The number of nitrogens with two attached hydrogens (primary N) is 1. The monoisotopic (exact) mass is 271 g/mol. The van der Waals surface area contributed by atoms with Crippen molar-refractivity contribution >= 4 is 12.4 Å². The molecule has 0 spiro atoms. The number of halogens is 4. The number of aliphatic hydroxyl groups is 1. The molecule has 1 aromatic rings. The van der Waals surface area contributed by atoms with E-state index in [0.717, 1.165) is 12.1 Å². The summed E-state index contributed by atoms with van der Waals surface area (Å²) >= 11 is 0. The van der Waals surface area contributed by atoms with E-state index in [4.69, 9.17) is 10.8 Å². The summed E-state index contributed by atoms with van der Waals surface area (Å²) in [7, 11) is 0. The molecule has 17 heavy (non-hydrogen) atoms. The second-order valence-corrected chi connectivity index (χ2v) is 3.58. The molecular weight excluding hydrogens is 259 g/mol. The maximum Gasteiger partial charge on any atom is 0.289 e. The van der Waals surface area contributed by atoms with Crippen molar-refractivity contribution in [1.82, 2.24) is 0 Å². The Bertz CT molecular complexity index is 401. The summed E-state index contributed by atoms with van der Waals surface area (Å²) in [5, 5.41) is 17.7. The molecule has 4 N–H and O–H groups in total.